The van der Waals surface area contributed by atoms with Gasteiger partial charge in [-0.05, 0) is 13.0 Å². The molecule has 2 atom stereocenters. The van der Waals surface area contributed by atoms with Crippen LogP contribution in [0.4, 0.5) is 0 Å². The zero-order chi connectivity index (χ0) is 20.7. The molecule has 0 aliphatic carbocycles. The molecule has 0 bridgehead atoms. The van der Waals surface area contributed by atoms with Crippen LogP contribution in [0.1, 0.15) is 18.4 Å². The largest absolute Gasteiger partial charge is 0.494 e. The highest BCUT2D eigenvalue weighted by atomic mass is 32.2. The first-order valence-electron chi connectivity index (χ1n) is 8.42. The second-order valence-electron chi connectivity index (χ2n) is 5.66. The molecule has 0 saturated carbocycles. The molecule has 0 radical (unpaired) electrons. The van der Waals surface area contributed by atoms with E-state index in [9.17, 15) is 19.6 Å². The minimum absolute atomic E-state index is 0.0972. The first-order chi connectivity index (χ1) is 13.5. The number of methoxy groups -OCH3 is 2. The predicted molar refractivity (Wildman–Crippen MR) is 101 cm³/mol. The van der Waals surface area contributed by atoms with Gasteiger partial charge in [0, 0.05) is 11.5 Å². The zero-order valence-electron chi connectivity index (χ0n) is 15.7. The van der Waals surface area contributed by atoms with Crippen molar-refractivity contribution in [1.82, 2.24) is 5.32 Å². The van der Waals surface area contributed by atoms with E-state index in [0.717, 1.165) is 11.8 Å². The van der Waals surface area contributed by atoms with Gasteiger partial charge >= 0.3 is 11.9 Å². The van der Waals surface area contributed by atoms with Crippen LogP contribution < -0.4 is 10.1 Å². The number of para-hydroxylation sites is 1. The first-order valence-corrected chi connectivity index (χ1v) is 9.41. The second kappa shape index (κ2) is 9.80. The lowest BCUT2D eigenvalue weighted by atomic mass is 9.78. The molecule has 0 fully saturated rings. The minimum atomic E-state index is -1.26. The van der Waals surface area contributed by atoms with Gasteiger partial charge in [-0.2, -0.15) is 5.26 Å². The minimum Gasteiger partial charge on any atom is -0.494 e. The van der Waals surface area contributed by atoms with Crippen molar-refractivity contribution in [2.75, 3.05) is 26.6 Å². The Morgan fingerprint density at radius 1 is 1.25 bits per heavy atom. The van der Waals surface area contributed by atoms with Gasteiger partial charge in [0.25, 0.3) is 0 Å². The highest BCUT2D eigenvalue weighted by molar-refractivity contribution is 8.03. The second-order valence-corrected chi connectivity index (χ2v) is 6.64. The van der Waals surface area contributed by atoms with Crippen LogP contribution in [0.2, 0.25) is 0 Å². The Balaban J connectivity index is 2.61. The molecule has 8 nitrogen and oxygen atoms in total. The van der Waals surface area contributed by atoms with Crippen LogP contribution in [0.15, 0.2) is 34.9 Å². The summed E-state index contributed by atoms with van der Waals surface area (Å²) in [5.74, 6) is -3.69. The van der Waals surface area contributed by atoms with E-state index in [-0.39, 0.29) is 16.4 Å². The number of thioether (sulfide) groups is 1. The average Bonchev–Trinajstić information content (AvgIpc) is 2.71. The fraction of sp³-hybridized carbons (Fsp3) is 0.368. The molecular formula is C19H20N2O6S. The normalized spacial score (nSPS) is 18.7. The Hall–Kier alpha value is -2.99. The van der Waals surface area contributed by atoms with Crippen molar-refractivity contribution in [1.29, 1.82) is 5.26 Å². The fourth-order valence-electron chi connectivity index (χ4n) is 2.87. The van der Waals surface area contributed by atoms with Gasteiger partial charge in [-0.15, -0.1) is 0 Å². The quantitative estimate of drug-likeness (QED) is 0.540. The molecule has 1 heterocycles. The lowest BCUT2D eigenvalue weighted by Crippen LogP contribution is -2.44. The summed E-state index contributed by atoms with van der Waals surface area (Å²) < 4.78 is 15.0. The van der Waals surface area contributed by atoms with Crippen LogP contribution in [0.5, 0.6) is 5.75 Å². The number of hydrogen-bond donors (Lipinski definition) is 1. The Morgan fingerprint density at radius 3 is 2.57 bits per heavy atom. The van der Waals surface area contributed by atoms with Crippen molar-refractivity contribution >= 4 is 29.6 Å². The molecule has 1 aromatic carbocycles. The van der Waals surface area contributed by atoms with Crippen molar-refractivity contribution in [3.8, 4) is 11.8 Å². The van der Waals surface area contributed by atoms with Crippen molar-refractivity contribution in [3.05, 3.63) is 40.4 Å². The number of carbonyl (C=O) groups excluding carboxylic acids is 3. The monoisotopic (exact) mass is 404 g/mol. The number of ether oxygens (including phenoxy) is 3. The van der Waals surface area contributed by atoms with Crippen molar-refractivity contribution in [2.24, 2.45) is 5.92 Å². The number of hydrogen-bond acceptors (Lipinski definition) is 8. The SMILES string of the molecule is CCOc1ccccc1[C@@H]1C(C#N)=C(SCC(=O)OC)NC(=O)[C@H]1C(=O)OC. The highest BCUT2D eigenvalue weighted by Crippen LogP contribution is 2.43. The summed E-state index contributed by atoms with van der Waals surface area (Å²) in [5.41, 5.74) is 0.665. The number of nitrogens with zero attached hydrogens (tertiary/aromatic N) is 1. The van der Waals surface area contributed by atoms with Gasteiger partial charge < -0.3 is 19.5 Å². The molecule has 1 N–H and O–H groups in total. The van der Waals surface area contributed by atoms with E-state index in [1.54, 1.807) is 31.2 Å². The smallest absolute Gasteiger partial charge is 0.319 e. The van der Waals surface area contributed by atoms with E-state index in [4.69, 9.17) is 9.47 Å². The number of nitrogens with one attached hydrogen (secondary N) is 1. The van der Waals surface area contributed by atoms with Crippen LogP contribution in [-0.4, -0.2) is 44.4 Å². The number of benzene rings is 1. The van der Waals surface area contributed by atoms with Crippen LogP contribution in [0.3, 0.4) is 0 Å². The van der Waals surface area contributed by atoms with E-state index in [0.29, 0.717) is 17.9 Å². The summed E-state index contributed by atoms with van der Waals surface area (Å²) in [5, 5.41) is 12.6. The molecule has 9 heteroatoms. The fourth-order valence-corrected chi connectivity index (χ4v) is 3.75. The number of allylic oxidation sites excluding steroid dienone is 1. The highest BCUT2D eigenvalue weighted by Gasteiger charge is 2.45. The standard InChI is InChI=1S/C19H20N2O6S/c1-4-27-13-8-6-5-7-11(13)15-12(9-20)18(28-10-14(22)25-2)21-17(23)16(15)19(24)26-3/h5-8,15-16H,4,10H2,1-3H3,(H,21,23)/t15-,16+/m1/s1. The molecule has 0 saturated heterocycles. The van der Waals surface area contributed by atoms with Gasteiger partial charge in [0.05, 0.1) is 43.3 Å². The molecule has 28 heavy (non-hydrogen) atoms. The Bertz CT molecular complexity index is 845. The average molecular weight is 404 g/mol. The number of rotatable bonds is 7. The van der Waals surface area contributed by atoms with Gasteiger partial charge in [0.2, 0.25) is 5.91 Å². The lowest BCUT2D eigenvalue weighted by Gasteiger charge is -2.31. The van der Waals surface area contributed by atoms with Crippen molar-refractivity contribution < 1.29 is 28.6 Å². The van der Waals surface area contributed by atoms with E-state index < -0.39 is 29.7 Å². The third-order valence-electron chi connectivity index (χ3n) is 4.10. The van der Waals surface area contributed by atoms with Gasteiger partial charge in [0.15, 0.2) is 0 Å². The molecular weight excluding hydrogens is 384 g/mol. The Kier molecular flexibility index (Phi) is 7.46. The summed E-state index contributed by atoms with van der Waals surface area (Å²) in [7, 11) is 2.43. The van der Waals surface area contributed by atoms with E-state index in [2.05, 4.69) is 16.1 Å². The summed E-state index contributed by atoms with van der Waals surface area (Å²) in [4.78, 5) is 36.6. The van der Waals surface area contributed by atoms with Crippen LogP contribution in [-0.2, 0) is 23.9 Å². The third-order valence-corrected chi connectivity index (χ3v) is 5.09. The molecule has 148 valence electrons. The summed E-state index contributed by atoms with van der Waals surface area (Å²) in [6, 6.07) is 8.96. The molecule has 0 spiro atoms. The van der Waals surface area contributed by atoms with E-state index in [1.165, 1.54) is 14.2 Å². The molecule has 0 unspecified atom stereocenters. The van der Waals surface area contributed by atoms with Crippen LogP contribution in [0.25, 0.3) is 0 Å². The van der Waals surface area contributed by atoms with Crippen molar-refractivity contribution in [3.63, 3.8) is 0 Å². The number of carbonyl (C=O) groups is 3. The zero-order valence-corrected chi connectivity index (χ0v) is 16.5. The number of esters is 2. The summed E-state index contributed by atoms with van der Waals surface area (Å²) in [6.07, 6.45) is 0. The van der Waals surface area contributed by atoms with Gasteiger partial charge in [-0.3, -0.25) is 14.4 Å². The maximum Gasteiger partial charge on any atom is 0.319 e. The van der Waals surface area contributed by atoms with E-state index in [1.807, 2.05) is 0 Å². The maximum atomic E-state index is 12.7. The number of nitriles is 1. The molecule has 1 amide bonds. The molecule has 1 aromatic rings. The summed E-state index contributed by atoms with van der Waals surface area (Å²) in [6.45, 7) is 2.18. The summed E-state index contributed by atoms with van der Waals surface area (Å²) >= 11 is 0.963. The van der Waals surface area contributed by atoms with Gasteiger partial charge in [-0.25, -0.2) is 0 Å². The predicted octanol–water partition coefficient (Wildman–Crippen LogP) is 1.73. The number of amides is 1. The Morgan fingerprint density at radius 2 is 1.96 bits per heavy atom. The molecule has 2 rings (SSSR count). The third kappa shape index (κ3) is 4.46. The topological polar surface area (TPSA) is 115 Å². The first kappa shape index (κ1) is 21.3. The van der Waals surface area contributed by atoms with Crippen LogP contribution in [0, 0.1) is 17.2 Å². The molecule has 0 aromatic heterocycles. The van der Waals surface area contributed by atoms with Gasteiger partial charge in [-0.1, -0.05) is 30.0 Å². The molecule has 1 aliphatic heterocycles. The molecule has 1 aliphatic rings. The lowest BCUT2D eigenvalue weighted by molar-refractivity contribution is -0.150. The maximum absolute atomic E-state index is 12.7. The Labute approximate surface area is 166 Å². The van der Waals surface area contributed by atoms with Crippen LogP contribution >= 0.6 is 11.8 Å². The van der Waals surface area contributed by atoms with Crippen molar-refractivity contribution in [2.45, 2.75) is 12.8 Å². The van der Waals surface area contributed by atoms with Gasteiger partial charge in [0.1, 0.15) is 11.7 Å². The van der Waals surface area contributed by atoms with E-state index >= 15 is 0 Å².